The molecule has 1 atom stereocenters. The third kappa shape index (κ3) is 2.74. The van der Waals surface area contributed by atoms with Crippen molar-refractivity contribution in [2.24, 2.45) is 0 Å². The van der Waals surface area contributed by atoms with Crippen molar-refractivity contribution < 1.29 is 14.0 Å². The molecule has 1 aromatic heterocycles. The molecule has 5 heteroatoms. The maximum Gasteiger partial charge on any atom is 0.287 e. The number of carbonyl (C=O) groups excluding carboxylic acids is 2. The van der Waals surface area contributed by atoms with Crippen molar-refractivity contribution >= 4 is 17.5 Å². The molecular formula is C17H18N2O3. The number of hydrogen-bond donors (Lipinski definition) is 1. The van der Waals surface area contributed by atoms with Gasteiger partial charge < -0.3 is 14.6 Å². The number of nitrogens with zero attached hydrogens (tertiary/aromatic N) is 1. The molecular weight excluding hydrogens is 280 g/mol. The molecule has 0 spiro atoms. The summed E-state index contributed by atoms with van der Waals surface area (Å²) in [4.78, 5) is 25.9. The fourth-order valence-electron chi connectivity index (χ4n) is 2.61. The molecule has 2 amide bonds. The number of amides is 2. The standard InChI is InChI=1S/C17H18N2O3/c1-11-5-6-14(8-12(11)2)19-10-13(9-16(19)20)18-17(21)15-4-3-7-22-15/h3-8,13H,9-10H2,1-2H3,(H,18,21)/t13-/m1/s1. The van der Waals surface area contributed by atoms with Crippen LogP contribution in [-0.4, -0.2) is 24.4 Å². The Kier molecular flexibility index (Phi) is 3.71. The minimum Gasteiger partial charge on any atom is -0.459 e. The van der Waals surface area contributed by atoms with Crippen LogP contribution in [0.5, 0.6) is 0 Å². The highest BCUT2D eigenvalue weighted by Crippen LogP contribution is 2.24. The van der Waals surface area contributed by atoms with E-state index in [4.69, 9.17) is 4.42 Å². The maximum absolute atomic E-state index is 12.2. The van der Waals surface area contributed by atoms with Gasteiger partial charge in [0.1, 0.15) is 0 Å². The maximum atomic E-state index is 12.2. The Hall–Kier alpha value is -2.56. The van der Waals surface area contributed by atoms with Crippen molar-refractivity contribution in [3.63, 3.8) is 0 Å². The molecule has 1 aromatic carbocycles. The second-order valence-corrected chi connectivity index (χ2v) is 5.62. The van der Waals surface area contributed by atoms with Gasteiger partial charge in [-0.25, -0.2) is 0 Å². The first kappa shape index (κ1) is 14.4. The number of aryl methyl sites for hydroxylation is 2. The van der Waals surface area contributed by atoms with Crippen LogP contribution in [0.1, 0.15) is 28.1 Å². The van der Waals surface area contributed by atoms with Gasteiger partial charge >= 0.3 is 0 Å². The summed E-state index contributed by atoms with van der Waals surface area (Å²) in [5, 5.41) is 2.84. The number of furan rings is 1. The Morgan fingerprint density at radius 2 is 2.09 bits per heavy atom. The summed E-state index contributed by atoms with van der Waals surface area (Å²) in [5.41, 5.74) is 3.22. The van der Waals surface area contributed by atoms with E-state index in [1.807, 2.05) is 32.0 Å². The van der Waals surface area contributed by atoms with Crippen LogP contribution in [-0.2, 0) is 4.79 Å². The first-order valence-electron chi connectivity index (χ1n) is 7.26. The number of hydrogen-bond acceptors (Lipinski definition) is 3. The van der Waals surface area contributed by atoms with Gasteiger partial charge in [0.25, 0.3) is 5.91 Å². The highest BCUT2D eigenvalue weighted by Gasteiger charge is 2.32. The first-order chi connectivity index (χ1) is 10.5. The van der Waals surface area contributed by atoms with E-state index in [2.05, 4.69) is 5.32 Å². The third-order valence-electron chi connectivity index (χ3n) is 4.01. The van der Waals surface area contributed by atoms with Crippen LogP contribution in [0.4, 0.5) is 5.69 Å². The fraction of sp³-hybridized carbons (Fsp3) is 0.294. The minimum absolute atomic E-state index is 0.0213. The number of benzene rings is 1. The fourth-order valence-corrected chi connectivity index (χ4v) is 2.61. The van der Waals surface area contributed by atoms with Gasteiger partial charge in [0.2, 0.25) is 5.91 Å². The van der Waals surface area contributed by atoms with Crippen molar-refractivity contribution in [3.05, 3.63) is 53.5 Å². The smallest absolute Gasteiger partial charge is 0.287 e. The Morgan fingerprint density at radius 3 is 2.77 bits per heavy atom. The molecule has 0 bridgehead atoms. The molecule has 0 saturated carbocycles. The monoisotopic (exact) mass is 298 g/mol. The average Bonchev–Trinajstić information content (AvgIpc) is 3.12. The van der Waals surface area contributed by atoms with Crippen LogP contribution in [0.15, 0.2) is 41.0 Å². The van der Waals surface area contributed by atoms with Gasteiger partial charge in [-0.1, -0.05) is 6.07 Å². The van der Waals surface area contributed by atoms with E-state index < -0.39 is 0 Å². The number of carbonyl (C=O) groups is 2. The van der Waals surface area contributed by atoms with Crippen LogP contribution < -0.4 is 10.2 Å². The van der Waals surface area contributed by atoms with Crippen LogP contribution >= 0.6 is 0 Å². The quantitative estimate of drug-likeness (QED) is 0.946. The molecule has 5 nitrogen and oxygen atoms in total. The zero-order chi connectivity index (χ0) is 15.7. The molecule has 0 radical (unpaired) electrons. The van der Waals surface area contributed by atoms with Crippen molar-refractivity contribution in [2.45, 2.75) is 26.3 Å². The summed E-state index contributed by atoms with van der Waals surface area (Å²) >= 11 is 0. The summed E-state index contributed by atoms with van der Waals surface area (Å²) in [5.74, 6) is -0.00480. The molecule has 1 N–H and O–H groups in total. The summed E-state index contributed by atoms with van der Waals surface area (Å²) in [6, 6.07) is 9.02. The van der Waals surface area contributed by atoms with Crippen molar-refractivity contribution in [1.82, 2.24) is 5.32 Å². The summed E-state index contributed by atoms with van der Waals surface area (Å²) in [6.07, 6.45) is 1.76. The predicted octanol–water partition coefficient (Wildman–Crippen LogP) is 2.43. The van der Waals surface area contributed by atoms with Gasteiger partial charge in [0.05, 0.1) is 12.3 Å². The lowest BCUT2D eigenvalue weighted by Gasteiger charge is -2.18. The van der Waals surface area contributed by atoms with Crippen LogP contribution in [0, 0.1) is 13.8 Å². The van der Waals surface area contributed by atoms with E-state index in [9.17, 15) is 9.59 Å². The molecule has 1 saturated heterocycles. The van der Waals surface area contributed by atoms with Gasteiger partial charge in [-0.2, -0.15) is 0 Å². The zero-order valence-electron chi connectivity index (χ0n) is 12.6. The lowest BCUT2D eigenvalue weighted by molar-refractivity contribution is -0.117. The minimum atomic E-state index is -0.287. The second-order valence-electron chi connectivity index (χ2n) is 5.62. The Balaban J connectivity index is 1.70. The Labute approximate surface area is 128 Å². The van der Waals surface area contributed by atoms with Gasteiger partial charge in [-0.3, -0.25) is 9.59 Å². The largest absolute Gasteiger partial charge is 0.459 e. The van der Waals surface area contributed by atoms with Gasteiger partial charge in [-0.15, -0.1) is 0 Å². The normalized spacial score (nSPS) is 17.8. The van der Waals surface area contributed by atoms with E-state index in [1.54, 1.807) is 17.0 Å². The summed E-state index contributed by atoms with van der Waals surface area (Å²) in [6.45, 7) is 4.54. The summed E-state index contributed by atoms with van der Waals surface area (Å²) in [7, 11) is 0. The molecule has 0 aliphatic carbocycles. The van der Waals surface area contributed by atoms with Crippen molar-refractivity contribution in [1.29, 1.82) is 0 Å². The summed E-state index contributed by atoms with van der Waals surface area (Å²) < 4.78 is 5.06. The molecule has 2 heterocycles. The molecule has 114 valence electrons. The SMILES string of the molecule is Cc1ccc(N2C[C@H](NC(=O)c3ccco3)CC2=O)cc1C. The van der Waals surface area contributed by atoms with Gasteiger partial charge in [0.15, 0.2) is 5.76 Å². The second kappa shape index (κ2) is 5.67. The highest BCUT2D eigenvalue weighted by atomic mass is 16.3. The third-order valence-corrected chi connectivity index (χ3v) is 4.01. The van der Waals surface area contributed by atoms with Crippen molar-refractivity contribution in [2.75, 3.05) is 11.4 Å². The van der Waals surface area contributed by atoms with Gasteiger partial charge in [-0.05, 0) is 49.2 Å². The van der Waals surface area contributed by atoms with E-state index in [0.29, 0.717) is 13.0 Å². The number of rotatable bonds is 3. The molecule has 2 aromatic rings. The zero-order valence-corrected chi connectivity index (χ0v) is 12.6. The van der Waals surface area contributed by atoms with Crippen LogP contribution in [0.25, 0.3) is 0 Å². The predicted molar refractivity (Wildman–Crippen MR) is 82.8 cm³/mol. The van der Waals surface area contributed by atoms with E-state index >= 15 is 0 Å². The van der Waals surface area contributed by atoms with Crippen molar-refractivity contribution in [3.8, 4) is 0 Å². The Bertz CT molecular complexity index is 707. The van der Waals surface area contributed by atoms with E-state index in [-0.39, 0.29) is 23.6 Å². The lowest BCUT2D eigenvalue weighted by Crippen LogP contribution is -2.37. The highest BCUT2D eigenvalue weighted by molar-refractivity contribution is 5.98. The lowest BCUT2D eigenvalue weighted by atomic mass is 10.1. The van der Waals surface area contributed by atoms with E-state index in [0.717, 1.165) is 11.3 Å². The molecule has 1 aliphatic rings. The topological polar surface area (TPSA) is 62.6 Å². The molecule has 1 aliphatic heterocycles. The van der Waals surface area contributed by atoms with Crippen LogP contribution in [0.2, 0.25) is 0 Å². The molecule has 3 rings (SSSR count). The molecule has 0 unspecified atom stereocenters. The van der Waals surface area contributed by atoms with Gasteiger partial charge in [0, 0.05) is 18.7 Å². The molecule has 22 heavy (non-hydrogen) atoms. The number of nitrogens with one attached hydrogen (secondary N) is 1. The number of anilines is 1. The Morgan fingerprint density at radius 1 is 1.27 bits per heavy atom. The van der Waals surface area contributed by atoms with Crippen LogP contribution in [0.3, 0.4) is 0 Å². The molecule has 1 fully saturated rings. The first-order valence-corrected chi connectivity index (χ1v) is 7.26. The average molecular weight is 298 g/mol. The van der Waals surface area contributed by atoms with E-state index in [1.165, 1.54) is 11.8 Å².